The van der Waals surface area contributed by atoms with Gasteiger partial charge in [0.1, 0.15) is 6.54 Å². The van der Waals surface area contributed by atoms with Gasteiger partial charge in [0, 0.05) is 52.4 Å². The molecule has 1 aliphatic rings. The van der Waals surface area contributed by atoms with Crippen LogP contribution in [0, 0.1) is 5.41 Å². The average molecular weight is 497 g/mol. The molecule has 0 heterocycles. The summed E-state index contributed by atoms with van der Waals surface area (Å²) in [5, 5.41) is 6.84. The molecule has 0 aromatic rings. The molecule has 1 saturated carbocycles. The van der Waals surface area contributed by atoms with Crippen LogP contribution >= 0.6 is 24.0 Å². The van der Waals surface area contributed by atoms with Crippen molar-refractivity contribution >= 4 is 35.8 Å². The third kappa shape index (κ3) is 11.1. The molecular weight excluding hydrogens is 457 g/mol. The van der Waals surface area contributed by atoms with Crippen molar-refractivity contribution in [3.05, 3.63) is 0 Å². The van der Waals surface area contributed by atoms with E-state index in [1.807, 2.05) is 6.92 Å². The van der Waals surface area contributed by atoms with Crippen LogP contribution in [-0.4, -0.2) is 89.3 Å². The fraction of sp³-hybridized carbons (Fsp3) is 0.895. The summed E-state index contributed by atoms with van der Waals surface area (Å²) in [7, 11) is 7.78. The van der Waals surface area contributed by atoms with Crippen molar-refractivity contribution in [1.29, 1.82) is 0 Å². The van der Waals surface area contributed by atoms with Gasteiger partial charge in [0.2, 0.25) is 5.91 Å². The number of aliphatic imine (C=N–C) groups is 1. The molecule has 8 heteroatoms. The zero-order chi connectivity index (χ0) is 19.4. The predicted molar refractivity (Wildman–Crippen MR) is 123 cm³/mol. The van der Waals surface area contributed by atoms with Gasteiger partial charge in [-0.05, 0) is 40.3 Å². The van der Waals surface area contributed by atoms with Crippen molar-refractivity contribution in [3.63, 3.8) is 0 Å². The molecule has 0 unspecified atom stereocenters. The molecule has 1 aliphatic carbocycles. The van der Waals surface area contributed by atoms with Crippen LogP contribution in [0.4, 0.5) is 0 Å². The molecule has 0 aromatic carbocycles. The van der Waals surface area contributed by atoms with Gasteiger partial charge in [0.05, 0.1) is 0 Å². The second-order valence-corrected chi connectivity index (χ2v) is 7.73. The Balaban J connectivity index is 0.00000676. The molecule has 1 rings (SSSR count). The van der Waals surface area contributed by atoms with Crippen LogP contribution in [0.15, 0.2) is 4.99 Å². The summed E-state index contributed by atoms with van der Waals surface area (Å²) in [6.07, 6.45) is 5.99. The first-order valence-electron chi connectivity index (χ1n) is 9.83. The van der Waals surface area contributed by atoms with Crippen molar-refractivity contribution < 1.29 is 9.53 Å². The van der Waals surface area contributed by atoms with E-state index >= 15 is 0 Å². The minimum atomic E-state index is 0. The standard InChI is InChI=1S/C19H39N5O2.HI/c1-6-26-13-9-12-20-18(21-14-17(25)24(4)5)22-15-19(16-23(2)3)10-7-8-11-19;/h6-16H2,1-5H3,(H2,20,21,22);1H. The monoisotopic (exact) mass is 497 g/mol. The van der Waals surface area contributed by atoms with E-state index in [0.717, 1.165) is 45.2 Å². The van der Waals surface area contributed by atoms with Gasteiger partial charge in [0.15, 0.2) is 5.96 Å². The van der Waals surface area contributed by atoms with Gasteiger partial charge in [-0.2, -0.15) is 0 Å². The average Bonchev–Trinajstić information content (AvgIpc) is 3.03. The van der Waals surface area contributed by atoms with Gasteiger partial charge in [-0.3, -0.25) is 4.79 Å². The lowest BCUT2D eigenvalue weighted by molar-refractivity contribution is -0.127. The van der Waals surface area contributed by atoms with Gasteiger partial charge in [0.25, 0.3) is 0 Å². The van der Waals surface area contributed by atoms with Crippen LogP contribution in [0.25, 0.3) is 0 Å². The molecule has 7 nitrogen and oxygen atoms in total. The van der Waals surface area contributed by atoms with Crippen LogP contribution < -0.4 is 10.6 Å². The quantitative estimate of drug-likeness (QED) is 0.197. The number of nitrogens with one attached hydrogen (secondary N) is 2. The topological polar surface area (TPSA) is 69.2 Å². The molecule has 160 valence electrons. The molecule has 0 atom stereocenters. The summed E-state index contributed by atoms with van der Waals surface area (Å²) < 4.78 is 5.38. The highest BCUT2D eigenvalue weighted by molar-refractivity contribution is 14.0. The normalized spacial score (nSPS) is 16.1. The Bertz CT molecular complexity index is 438. The summed E-state index contributed by atoms with van der Waals surface area (Å²) in [6.45, 7) is 6.38. The maximum atomic E-state index is 11.9. The van der Waals surface area contributed by atoms with E-state index in [0.29, 0.717) is 5.41 Å². The fourth-order valence-electron chi connectivity index (χ4n) is 3.45. The van der Waals surface area contributed by atoms with Crippen LogP contribution in [-0.2, 0) is 9.53 Å². The first-order chi connectivity index (χ1) is 12.4. The maximum absolute atomic E-state index is 11.9. The number of rotatable bonds is 11. The first-order valence-corrected chi connectivity index (χ1v) is 9.83. The summed E-state index contributed by atoms with van der Waals surface area (Å²) >= 11 is 0. The molecular formula is C19H40IN5O2. The van der Waals surface area contributed by atoms with Crippen LogP contribution in [0.3, 0.4) is 0 Å². The minimum Gasteiger partial charge on any atom is -0.382 e. The zero-order valence-electron chi connectivity index (χ0n) is 17.8. The van der Waals surface area contributed by atoms with Crippen molar-refractivity contribution in [2.75, 3.05) is 67.6 Å². The van der Waals surface area contributed by atoms with Crippen molar-refractivity contribution in [1.82, 2.24) is 20.4 Å². The Kier molecular flexibility index (Phi) is 14.1. The molecule has 0 aliphatic heterocycles. The highest BCUT2D eigenvalue weighted by atomic mass is 127. The lowest BCUT2D eigenvalue weighted by atomic mass is 9.85. The Morgan fingerprint density at radius 1 is 1.15 bits per heavy atom. The number of ether oxygens (including phenoxy) is 1. The SMILES string of the molecule is CCOCCCNC(=NCC(=O)N(C)C)NCC1(CN(C)C)CCCC1.I. The van der Waals surface area contributed by atoms with Crippen LogP contribution in [0.5, 0.6) is 0 Å². The molecule has 1 amide bonds. The third-order valence-corrected chi connectivity index (χ3v) is 4.78. The van der Waals surface area contributed by atoms with Gasteiger partial charge in [-0.25, -0.2) is 4.99 Å². The highest BCUT2D eigenvalue weighted by Gasteiger charge is 2.34. The van der Waals surface area contributed by atoms with Crippen molar-refractivity contribution in [2.45, 2.75) is 39.0 Å². The fourth-order valence-corrected chi connectivity index (χ4v) is 3.45. The highest BCUT2D eigenvalue weighted by Crippen LogP contribution is 2.37. The maximum Gasteiger partial charge on any atom is 0.243 e. The molecule has 0 spiro atoms. The number of amides is 1. The van der Waals surface area contributed by atoms with E-state index in [-0.39, 0.29) is 36.4 Å². The van der Waals surface area contributed by atoms with E-state index in [1.54, 1.807) is 19.0 Å². The molecule has 0 bridgehead atoms. The van der Waals surface area contributed by atoms with Gasteiger partial charge in [-0.15, -0.1) is 24.0 Å². The van der Waals surface area contributed by atoms with E-state index in [1.165, 1.54) is 25.7 Å². The smallest absolute Gasteiger partial charge is 0.243 e. The second-order valence-electron chi connectivity index (χ2n) is 7.73. The second kappa shape index (κ2) is 14.4. The molecule has 0 aromatic heterocycles. The number of guanidine groups is 1. The molecule has 0 saturated heterocycles. The van der Waals surface area contributed by atoms with E-state index in [9.17, 15) is 4.79 Å². The Morgan fingerprint density at radius 3 is 2.37 bits per heavy atom. The summed E-state index contributed by atoms with van der Waals surface area (Å²) in [6, 6.07) is 0. The molecule has 0 radical (unpaired) electrons. The summed E-state index contributed by atoms with van der Waals surface area (Å²) in [4.78, 5) is 20.2. The van der Waals surface area contributed by atoms with Crippen molar-refractivity contribution in [3.8, 4) is 0 Å². The number of carbonyl (C=O) groups is 1. The Labute approximate surface area is 182 Å². The van der Waals surface area contributed by atoms with Gasteiger partial charge in [-0.1, -0.05) is 12.8 Å². The lowest BCUT2D eigenvalue weighted by Crippen LogP contribution is -2.47. The van der Waals surface area contributed by atoms with Crippen LogP contribution in [0.1, 0.15) is 39.0 Å². The van der Waals surface area contributed by atoms with Crippen molar-refractivity contribution in [2.24, 2.45) is 10.4 Å². The number of nitrogens with zero attached hydrogens (tertiary/aromatic N) is 3. The van der Waals surface area contributed by atoms with E-state index in [4.69, 9.17) is 4.74 Å². The van der Waals surface area contributed by atoms with Gasteiger partial charge >= 0.3 is 0 Å². The minimum absolute atomic E-state index is 0. The number of hydrogen-bond acceptors (Lipinski definition) is 4. The first kappa shape index (κ1) is 26.4. The summed E-state index contributed by atoms with van der Waals surface area (Å²) in [5.41, 5.74) is 0.294. The van der Waals surface area contributed by atoms with Crippen LogP contribution in [0.2, 0.25) is 0 Å². The van der Waals surface area contributed by atoms with E-state index < -0.39 is 0 Å². The number of halogens is 1. The lowest BCUT2D eigenvalue weighted by Gasteiger charge is -2.33. The largest absolute Gasteiger partial charge is 0.382 e. The molecule has 1 fully saturated rings. The predicted octanol–water partition coefficient (Wildman–Crippen LogP) is 1.78. The Hall–Kier alpha value is -0.610. The number of likely N-dealkylation sites (N-methyl/N-ethyl adjacent to an activating group) is 1. The summed E-state index contributed by atoms with van der Waals surface area (Å²) in [5.74, 6) is 0.728. The number of hydrogen-bond donors (Lipinski definition) is 2. The molecule has 27 heavy (non-hydrogen) atoms. The molecule has 2 N–H and O–H groups in total. The van der Waals surface area contributed by atoms with Gasteiger partial charge < -0.3 is 25.2 Å². The number of carbonyl (C=O) groups excluding carboxylic acids is 1. The Morgan fingerprint density at radius 2 is 1.81 bits per heavy atom. The van der Waals surface area contributed by atoms with E-state index in [2.05, 4.69) is 34.6 Å². The third-order valence-electron chi connectivity index (χ3n) is 4.78. The zero-order valence-corrected chi connectivity index (χ0v) is 20.2.